The third-order valence-corrected chi connectivity index (χ3v) is 15.7. The summed E-state index contributed by atoms with van der Waals surface area (Å²) in [7, 11) is 0. The van der Waals surface area contributed by atoms with Crippen molar-refractivity contribution in [3.63, 3.8) is 0 Å². The summed E-state index contributed by atoms with van der Waals surface area (Å²) < 4.78 is 162. The number of aliphatic hydroxyl groups excluding tert-OH is 1. The minimum atomic E-state index is -5.23. The number of amides is 4. The van der Waals surface area contributed by atoms with Crippen LogP contribution in [-0.4, -0.2) is 156 Å². The Balaban J connectivity index is 1.08. The van der Waals surface area contributed by atoms with E-state index in [0.29, 0.717) is 106 Å². The number of hydrogen-bond acceptors (Lipinski definition) is 14. The molecule has 3 aliphatic heterocycles. The van der Waals surface area contributed by atoms with Crippen molar-refractivity contribution in [2.24, 2.45) is 10.8 Å². The number of benzene rings is 2. The van der Waals surface area contributed by atoms with Gasteiger partial charge in [0, 0.05) is 72.9 Å². The lowest BCUT2D eigenvalue weighted by molar-refractivity contribution is -0.221. The van der Waals surface area contributed by atoms with Crippen LogP contribution in [0.4, 0.5) is 59.3 Å². The van der Waals surface area contributed by atoms with Gasteiger partial charge in [0.2, 0.25) is 5.91 Å². The van der Waals surface area contributed by atoms with Crippen LogP contribution in [0.5, 0.6) is 0 Å². The molecule has 0 radical (unpaired) electrons. The van der Waals surface area contributed by atoms with Crippen molar-refractivity contribution in [3.05, 3.63) is 106 Å². The number of aliphatic hydroxyl groups is 1. The Kier molecular flexibility index (Phi) is 19.6. The molecule has 2 saturated carbocycles. The van der Waals surface area contributed by atoms with Crippen molar-refractivity contribution in [3.8, 4) is 11.8 Å². The highest BCUT2D eigenvalue weighted by Gasteiger charge is 2.58. The Morgan fingerprint density at radius 3 is 1.79 bits per heavy atom. The molecule has 462 valence electrons. The SMILES string of the molecule is CC(C)(C(NC(=O)OC1CC1)C(=O)N[C@@H](Cc1ccc(C#Cc2ccc(N3CC4CCC(C3)N4C3COC3)nc2)cc1)[C@@H](O)CN(Cc1c(F)cc(C(=N)/C=C\NC(F)F)cc1F)NC(=O)[C@@H](NC(=O)OC1CC1)C(C)(C)C(F)(F)F)C(F)(F)F. The largest absolute Gasteiger partial charge is 0.446 e. The molecule has 6 atom stereocenters. The second kappa shape index (κ2) is 26.2. The summed E-state index contributed by atoms with van der Waals surface area (Å²) in [5, 5.41) is 28.7. The Morgan fingerprint density at radius 1 is 0.776 bits per heavy atom. The number of carbonyl (C=O) groups excluding carboxylic acids is 4. The van der Waals surface area contributed by atoms with Crippen molar-refractivity contribution < 1.29 is 82.4 Å². The quantitative estimate of drug-likeness (QED) is 0.0166. The van der Waals surface area contributed by atoms with Crippen molar-refractivity contribution in [2.45, 2.75) is 153 Å². The first-order valence-corrected chi connectivity index (χ1v) is 27.5. The third kappa shape index (κ3) is 16.2. The topological polar surface area (TPSA) is 223 Å². The highest BCUT2D eigenvalue weighted by atomic mass is 19.4. The van der Waals surface area contributed by atoms with E-state index < -0.39 is 138 Å². The van der Waals surface area contributed by atoms with Crippen molar-refractivity contribution in [1.82, 2.24) is 41.6 Å². The fraction of sp³-hybridized carbons (Fsp3) is 0.544. The molecule has 4 heterocycles. The molecule has 5 aliphatic rings. The van der Waals surface area contributed by atoms with E-state index in [2.05, 4.69) is 37.4 Å². The monoisotopic (exact) mass is 1210 g/mol. The van der Waals surface area contributed by atoms with Crippen molar-refractivity contribution in [2.75, 3.05) is 37.7 Å². The molecule has 2 aromatic carbocycles. The molecule has 8 rings (SSSR count). The molecule has 85 heavy (non-hydrogen) atoms. The van der Waals surface area contributed by atoms with Gasteiger partial charge in [0.05, 0.1) is 47.9 Å². The first-order valence-electron chi connectivity index (χ1n) is 27.5. The molecule has 3 saturated heterocycles. The number of alkyl carbamates (subject to hydrolysis) is 2. The molecule has 7 N–H and O–H groups in total. The standard InChI is InChI=1S/C57H66F10N10O8/c1-54(2,56(62,63)64)47(72-52(81)84-38-14-15-38)49(79)71-44(21-32-8-5-31(6-9-32)7-10-33-11-18-46(70-24-33)75-25-35-12-13-36(26-75)77(35)37-29-83-30-37)45(78)28-76(27-40-41(58)22-34(23-42(40)59)43(68)19-20-69-51(60)61)74-50(80)48(55(3,4)57(65,66)67)73-53(82)85-39-16-17-39/h5-6,8-9,11,18-20,22-24,35-39,44-45,47-48,51,68-69,78H,12-17,21,25-30H2,1-4H3,(H,71,79)(H,72,81)(H,73,82)(H,74,80)/b20-19-,68-43?/t35?,36?,44-,45-,47?,48+/m0/s1. The lowest BCUT2D eigenvalue weighted by Gasteiger charge is -2.47. The van der Waals surface area contributed by atoms with E-state index in [1.165, 1.54) is 12.1 Å². The minimum Gasteiger partial charge on any atom is -0.446 e. The van der Waals surface area contributed by atoms with Crippen LogP contribution < -0.4 is 31.6 Å². The highest BCUT2D eigenvalue weighted by Crippen LogP contribution is 2.42. The number of halogens is 10. The van der Waals surface area contributed by atoms with Gasteiger partial charge in [0.1, 0.15) is 41.7 Å². The van der Waals surface area contributed by atoms with Gasteiger partial charge in [-0.3, -0.25) is 19.9 Å². The van der Waals surface area contributed by atoms with Crippen LogP contribution in [0.3, 0.4) is 0 Å². The maximum atomic E-state index is 16.1. The molecular formula is C57H66F10N10O8. The van der Waals surface area contributed by atoms with Crippen LogP contribution in [0.1, 0.15) is 94.0 Å². The van der Waals surface area contributed by atoms with Crippen LogP contribution >= 0.6 is 0 Å². The van der Waals surface area contributed by atoms with Crippen molar-refractivity contribution in [1.29, 1.82) is 5.41 Å². The third-order valence-electron chi connectivity index (χ3n) is 15.7. The first-order chi connectivity index (χ1) is 40.0. The van der Waals surface area contributed by atoms with Crippen molar-refractivity contribution >= 4 is 35.5 Å². The number of rotatable bonds is 23. The zero-order valence-corrected chi connectivity index (χ0v) is 46.7. The van der Waals surface area contributed by atoms with Gasteiger partial charge in [-0.15, -0.1) is 0 Å². The highest BCUT2D eigenvalue weighted by molar-refractivity contribution is 6.06. The molecule has 3 aromatic rings. The number of aromatic nitrogens is 1. The molecule has 28 heteroatoms. The number of piperazine rings is 1. The Hall–Kier alpha value is -7.22. The summed E-state index contributed by atoms with van der Waals surface area (Å²) in [6, 6.07) is 5.54. The van der Waals surface area contributed by atoms with Gasteiger partial charge >= 0.3 is 31.1 Å². The number of anilines is 1. The Morgan fingerprint density at radius 2 is 1.31 bits per heavy atom. The number of nitrogens with zero attached hydrogens (tertiary/aromatic N) is 4. The molecule has 18 nitrogen and oxygen atoms in total. The molecule has 2 aliphatic carbocycles. The maximum absolute atomic E-state index is 16.1. The number of carbonyl (C=O) groups is 4. The number of alkyl halides is 8. The molecule has 2 bridgehead atoms. The second-order valence-corrected chi connectivity index (χ2v) is 23.0. The zero-order valence-electron chi connectivity index (χ0n) is 46.7. The average Bonchev–Trinajstić information content (AvgIpc) is 2.01. The normalized spacial score (nSPS) is 19.9. The minimum absolute atomic E-state index is 0.279. The molecule has 5 fully saturated rings. The Labute approximate surface area is 483 Å². The molecule has 1 aromatic heterocycles. The predicted molar refractivity (Wildman–Crippen MR) is 286 cm³/mol. The van der Waals surface area contributed by atoms with E-state index in [1.54, 1.807) is 23.6 Å². The van der Waals surface area contributed by atoms with E-state index in [0.717, 1.165) is 51.0 Å². The van der Waals surface area contributed by atoms with Crippen LogP contribution in [0.25, 0.3) is 0 Å². The summed E-state index contributed by atoms with van der Waals surface area (Å²) in [4.78, 5) is 63.9. The van der Waals surface area contributed by atoms with E-state index in [9.17, 15) is 59.4 Å². The van der Waals surface area contributed by atoms with Gasteiger partial charge in [-0.1, -0.05) is 24.0 Å². The number of fused-ring (bicyclic) bond motifs is 2. The average molecular weight is 1210 g/mol. The Bertz CT molecular complexity index is 2960. The van der Waals surface area contributed by atoms with Gasteiger partial charge in [-0.25, -0.2) is 28.4 Å². The van der Waals surface area contributed by atoms with Gasteiger partial charge < -0.3 is 50.9 Å². The lowest BCUT2D eigenvalue weighted by Crippen LogP contribution is -2.63. The molecule has 0 spiro atoms. The number of allylic oxidation sites excluding steroid dienone is 1. The van der Waals surface area contributed by atoms with E-state index >= 15 is 8.78 Å². The van der Waals surface area contributed by atoms with Crippen LogP contribution in [0.15, 0.2) is 67.0 Å². The van der Waals surface area contributed by atoms with E-state index in [1.807, 2.05) is 22.8 Å². The van der Waals surface area contributed by atoms with Gasteiger partial charge in [-0.05, 0) is 121 Å². The maximum Gasteiger partial charge on any atom is 0.408 e. The fourth-order valence-corrected chi connectivity index (χ4v) is 10.0. The molecule has 3 unspecified atom stereocenters. The second-order valence-electron chi connectivity index (χ2n) is 23.0. The summed E-state index contributed by atoms with van der Waals surface area (Å²) in [5.41, 5.74) is -4.87. The van der Waals surface area contributed by atoms with Gasteiger partial charge in [0.25, 0.3) is 5.91 Å². The number of ether oxygens (including phenoxy) is 3. The molecular weight excluding hydrogens is 1140 g/mol. The number of hydrogen-bond donors (Lipinski definition) is 7. The first kappa shape index (κ1) is 63.8. The van der Waals surface area contributed by atoms with E-state index in [-0.39, 0.29) is 5.56 Å². The molecule has 4 amide bonds. The number of hydrazine groups is 1. The summed E-state index contributed by atoms with van der Waals surface area (Å²) in [6.45, 7) is 0.211. The van der Waals surface area contributed by atoms with Crippen LogP contribution in [0.2, 0.25) is 0 Å². The van der Waals surface area contributed by atoms with Gasteiger partial charge in [-0.2, -0.15) is 35.1 Å². The number of nitrogens with one attached hydrogen (secondary N) is 6. The smallest absolute Gasteiger partial charge is 0.408 e. The number of pyridine rings is 1. The van der Waals surface area contributed by atoms with E-state index in [4.69, 9.17) is 19.6 Å². The predicted octanol–water partition coefficient (Wildman–Crippen LogP) is 7.12. The zero-order chi connectivity index (χ0) is 61.8. The summed E-state index contributed by atoms with van der Waals surface area (Å²) in [6.07, 6.45) is -10.3. The van der Waals surface area contributed by atoms with Gasteiger partial charge in [0.15, 0.2) is 0 Å². The lowest BCUT2D eigenvalue weighted by atomic mass is 9.82. The fourth-order valence-electron chi connectivity index (χ4n) is 10.0. The summed E-state index contributed by atoms with van der Waals surface area (Å²) in [5.74, 6) is 0.784. The summed E-state index contributed by atoms with van der Waals surface area (Å²) >= 11 is 0. The van der Waals surface area contributed by atoms with Crippen LogP contribution in [-0.2, 0) is 36.8 Å². The van der Waals surface area contributed by atoms with Crippen LogP contribution in [0, 0.1) is 39.7 Å².